The van der Waals surface area contributed by atoms with Crippen LogP contribution in [0.2, 0.25) is 5.02 Å². The molecule has 0 bridgehead atoms. The van der Waals surface area contributed by atoms with Crippen LogP contribution in [0.25, 0.3) is 11.1 Å². The van der Waals surface area contributed by atoms with Gasteiger partial charge < -0.3 is 24.6 Å². The second kappa shape index (κ2) is 13.6. The number of amides is 1. The van der Waals surface area contributed by atoms with Crippen molar-refractivity contribution in [2.24, 2.45) is 17.6 Å². The minimum Gasteiger partial charge on any atom is -0.403 e. The number of nitrogens with zero attached hydrogens (tertiary/aromatic N) is 1. The molecule has 38 heavy (non-hydrogen) atoms. The molecule has 1 atom stereocenters. The molecule has 0 saturated carbocycles. The SMILES string of the molecule is CCCC(C)Cc1c(-c2ccc(OP(=O)(O)O)c(Cl)c2)c(C(N)=O)c(CC(C)C)n1CCCOP(=O)(O)O. The Bertz CT molecular complexity index is 1220. The molecule has 14 heteroatoms. The summed E-state index contributed by atoms with van der Waals surface area (Å²) in [4.78, 5) is 49.4. The van der Waals surface area contributed by atoms with Crippen LogP contribution in [0.3, 0.4) is 0 Å². The third-order valence-electron chi connectivity index (χ3n) is 5.87. The maximum Gasteiger partial charge on any atom is 0.524 e. The molecule has 214 valence electrons. The Labute approximate surface area is 227 Å². The number of primary amides is 1. The number of rotatable bonds is 15. The van der Waals surface area contributed by atoms with Gasteiger partial charge in [0, 0.05) is 23.5 Å². The first-order valence-electron chi connectivity index (χ1n) is 12.3. The lowest BCUT2D eigenvalue weighted by Gasteiger charge is -2.19. The summed E-state index contributed by atoms with van der Waals surface area (Å²) < 4.78 is 33.7. The van der Waals surface area contributed by atoms with E-state index in [1.54, 1.807) is 6.07 Å². The summed E-state index contributed by atoms with van der Waals surface area (Å²) in [5.74, 6) is -0.456. The minimum atomic E-state index is -4.84. The Morgan fingerprint density at radius 1 is 1.08 bits per heavy atom. The molecule has 0 aliphatic heterocycles. The number of hydrogen-bond acceptors (Lipinski definition) is 5. The first kappa shape index (κ1) is 32.5. The largest absolute Gasteiger partial charge is 0.524 e. The second-order valence-electron chi connectivity index (χ2n) is 9.76. The number of benzene rings is 1. The van der Waals surface area contributed by atoms with Crippen LogP contribution in [-0.4, -0.2) is 36.7 Å². The van der Waals surface area contributed by atoms with Gasteiger partial charge in [-0.2, -0.15) is 0 Å². The molecule has 0 fully saturated rings. The fraction of sp³-hybridized carbons (Fsp3) is 0.542. The van der Waals surface area contributed by atoms with Gasteiger partial charge in [-0.3, -0.25) is 19.1 Å². The average Bonchev–Trinajstić information content (AvgIpc) is 3.03. The number of halogens is 1. The van der Waals surface area contributed by atoms with E-state index in [2.05, 4.69) is 22.9 Å². The van der Waals surface area contributed by atoms with Crippen LogP contribution < -0.4 is 10.3 Å². The Morgan fingerprint density at radius 3 is 2.24 bits per heavy atom. The van der Waals surface area contributed by atoms with Gasteiger partial charge in [0.1, 0.15) is 5.75 Å². The first-order chi connectivity index (χ1) is 17.5. The number of carbonyl (C=O) groups excluding carboxylic acids is 1. The summed E-state index contributed by atoms with van der Waals surface area (Å²) in [6, 6.07) is 4.36. The van der Waals surface area contributed by atoms with Crippen LogP contribution in [0.5, 0.6) is 5.75 Å². The molecular formula is C24H37ClN2O9P2. The topological polar surface area (TPSA) is 182 Å². The zero-order chi connectivity index (χ0) is 28.8. The van der Waals surface area contributed by atoms with Gasteiger partial charge in [-0.25, -0.2) is 9.13 Å². The number of aromatic nitrogens is 1. The Hall–Kier alpha value is -1.68. The zero-order valence-electron chi connectivity index (χ0n) is 22.0. The normalized spacial score (nSPS) is 13.2. The van der Waals surface area contributed by atoms with Crippen molar-refractivity contribution in [3.05, 3.63) is 40.2 Å². The monoisotopic (exact) mass is 594 g/mol. The van der Waals surface area contributed by atoms with E-state index in [-0.39, 0.29) is 35.6 Å². The lowest BCUT2D eigenvalue weighted by molar-refractivity contribution is 0.0999. The highest BCUT2D eigenvalue weighted by molar-refractivity contribution is 7.46. The molecule has 1 amide bonds. The van der Waals surface area contributed by atoms with E-state index >= 15 is 0 Å². The van der Waals surface area contributed by atoms with Crippen LogP contribution in [0.1, 0.15) is 68.7 Å². The molecule has 0 radical (unpaired) electrons. The van der Waals surface area contributed by atoms with Gasteiger partial charge in [-0.05, 0) is 48.8 Å². The van der Waals surface area contributed by atoms with E-state index in [1.807, 2.05) is 18.4 Å². The number of phosphoric acid groups is 2. The summed E-state index contributed by atoms with van der Waals surface area (Å²) in [6.45, 7) is 8.32. The molecule has 0 saturated heterocycles. The van der Waals surface area contributed by atoms with Crippen LogP contribution in [0.15, 0.2) is 18.2 Å². The van der Waals surface area contributed by atoms with Crippen molar-refractivity contribution in [1.82, 2.24) is 4.57 Å². The maximum absolute atomic E-state index is 12.9. The average molecular weight is 595 g/mol. The van der Waals surface area contributed by atoms with E-state index in [4.69, 9.17) is 27.1 Å². The van der Waals surface area contributed by atoms with Gasteiger partial charge in [-0.1, -0.05) is 58.2 Å². The van der Waals surface area contributed by atoms with E-state index in [1.165, 1.54) is 12.1 Å². The van der Waals surface area contributed by atoms with Gasteiger partial charge in [0.2, 0.25) is 0 Å². The maximum atomic E-state index is 12.9. The number of hydrogen-bond donors (Lipinski definition) is 5. The summed E-state index contributed by atoms with van der Waals surface area (Å²) in [7, 11) is -9.46. The van der Waals surface area contributed by atoms with Crippen molar-refractivity contribution in [3.8, 4) is 16.9 Å². The molecule has 1 aromatic heterocycles. The summed E-state index contributed by atoms with van der Waals surface area (Å²) >= 11 is 6.32. The van der Waals surface area contributed by atoms with Crippen molar-refractivity contribution >= 4 is 33.2 Å². The fourth-order valence-corrected chi connectivity index (χ4v) is 5.62. The number of nitrogens with two attached hydrogens (primary N) is 1. The number of phosphoric ester groups is 2. The van der Waals surface area contributed by atoms with Gasteiger partial charge in [0.15, 0.2) is 0 Å². The van der Waals surface area contributed by atoms with Crippen LogP contribution in [0.4, 0.5) is 0 Å². The second-order valence-corrected chi connectivity index (χ2v) is 12.6. The van der Waals surface area contributed by atoms with Crippen molar-refractivity contribution in [2.75, 3.05) is 6.61 Å². The Kier molecular flexibility index (Phi) is 11.6. The predicted octanol–water partition coefficient (Wildman–Crippen LogP) is 5.06. The highest BCUT2D eigenvalue weighted by Crippen LogP contribution is 2.44. The molecule has 1 heterocycles. The molecule has 6 N–H and O–H groups in total. The molecule has 2 rings (SSSR count). The van der Waals surface area contributed by atoms with E-state index in [0.717, 1.165) is 18.5 Å². The van der Waals surface area contributed by atoms with Gasteiger partial charge >= 0.3 is 15.6 Å². The van der Waals surface area contributed by atoms with Gasteiger partial charge in [0.25, 0.3) is 5.91 Å². The molecule has 1 unspecified atom stereocenters. The standard InChI is InChI=1S/C24H37ClN2O9P2/c1-5-7-16(4)13-20-22(17-8-9-21(18(25)14-17)36-38(32,33)34)23(24(26)28)19(12-15(2)3)27(20)10-6-11-35-37(29,30)31/h8-9,14-16H,5-7,10-13H2,1-4H3,(H2,26,28)(H2,29,30,31)(H2,32,33,34). The van der Waals surface area contributed by atoms with Crippen LogP contribution in [-0.2, 0) is 33.0 Å². The van der Waals surface area contributed by atoms with Crippen molar-refractivity contribution < 1.29 is 42.5 Å². The highest BCUT2D eigenvalue weighted by atomic mass is 35.5. The van der Waals surface area contributed by atoms with Crippen LogP contribution >= 0.6 is 27.2 Å². The minimum absolute atomic E-state index is 0.0537. The number of carbonyl (C=O) groups is 1. The smallest absolute Gasteiger partial charge is 0.403 e. The summed E-state index contributed by atoms with van der Waals surface area (Å²) in [6.07, 6.45) is 3.24. The molecule has 0 aliphatic rings. The Balaban J connectivity index is 2.76. The highest BCUT2D eigenvalue weighted by Gasteiger charge is 2.29. The van der Waals surface area contributed by atoms with Crippen LogP contribution in [0, 0.1) is 11.8 Å². The predicted molar refractivity (Wildman–Crippen MR) is 145 cm³/mol. The third kappa shape index (κ3) is 9.50. The molecule has 11 nitrogen and oxygen atoms in total. The molecular weight excluding hydrogens is 558 g/mol. The third-order valence-corrected chi connectivity index (χ3v) is 7.12. The van der Waals surface area contributed by atoms with Gasteiger partial charge in [0.05, 0.1) is 17.2 Å². The lowest BCUT2D eigenvalue weighted by Crippen LogP contribution is -2.17. The van der Waals surface area contributed by atoms with E-state index < -0.39 is 21.6 Å². The van der Waals surface area contributed by atoms with Crippen molar-refractivity contribution in [3.63, 3.8) is 0 Å². The molecule has 2 aromatic rings. The summed E-state index contributed by atoms with van der Waals surface area (Å²) in [5.41, 5.74) is 8.84. The van der Waals surface area contributed by atoms with E-state index in [0.29, 0.717) is 41.8 Å². The zero-order valence-corrected chi connectivity index (χ0v) is 24.5. The quantitative estimate of drug-likeness (QED) is 0.139. The van der Waals surface area contributed by atoms with Crippen molar-refractivity contribution in [2.45, 2.75) is 66.3 Å². The lowest BCUT2D eigenvalue weighted by atomic mass is 9.92. The fourth-order valence-electron chi connectivity index (χ4n) is 4.57. The van der Waals surface area contributed by atoms with E-state index in [9.17, 15) is 23.7 Å². The molecule has 0 spiro atoms. The molecule has 0 aliphatic carbocycles. The summed E-state index contributed by atoms with van der Waals surface area (Å²) in [5, 5.41) is -0.0537. The first-order valence-corrected chi connectivity index (χ1v) is 15.8. The molecule has 1 aromatic carbocycles. The van der Waals surface area contributed by atoms with Gasteiger partial charge in [-0.15, -0.1) is 0 Å². The Morgan fingerprint density at radius 2 is 1.74 bits per heavy atom. The van der Waals surface area contributed by atoms with Crippen molar-refractivity contribution in [1.29, 1.82) is 0 Å².